The van der Waals surface area contributed by atoms with Crippen LogP contribution < -0.4 is 10.5 Å². The number of phenolic OH excluding ortho intramolecular Hbond substituents is 1. The standard InChI is InChI=1S/C12H16F3NO2/c1-2-18-10-5-3-4-8(11(10)17)9(16)6-7-12(13,14)15/h3-5,9,17H,2,6-7,16H2,1H3/t9-/m0/s1. The van der Waals surface area contributed by atoms with Crippen LogP contribution in [0.15, 0.2) is 18.2 Å². The SMILES string of the molecule is CCOc1cccc([C@@H](N)CCC(F)(F)F)c1O. The number of aromatic hydroxyl groups is 1. The summed E-state index contributed by atoms with van der Waals surface area (Å²) >= 11 is 0. The first-order chi connectivity index (χ1) is 8.35. The summed E-state index contributed by atoms with van der Waals surface area (Å²) in [7, 11) is 0. The molecule has 0 fully saturated rings. The molecule has 0 aliphatic heterocycles. The van der Waals surface area contributed by atoms with E-state index >= 15 is 0 Å². The number of ether oxygens (including phenoxy) is 1. The van der Waals surface area contributed by atoms with Crippen LogP contribution in [-0.2, 0) is 0 Å². The summed E-state index contributed by atoms with van der Waals surface area (Å²) in [6.45, 7) is 2.10. The van der Waals surface area contributed by atoms with E-state index in [4.69, 9.17) is 10.5 Å². The van der Waals surface area contributed by atoms with E-state index in [0.717, 1.165) is 0 Å². The molecule has 0 aliphatic carbocycles. The molecule has 0 bridgehead atoms. The minimum Gasteiger partial charge on any atom is -0.504 e. The van der Waals surface area contributed by atoms with Crippen molar-refractivity contribution in [3.63, 3.8) is 0 Å². The summed E-state index contributed by atoms with van der Waals surface area (Å²) in [6.07, 6.45) is -5.50. The molecule has 3 N–H and O–H groups in total. The van der Waals surface area contributed by atoms with Crippen LogP contribution in [0.5, 0.6) is 11.5 Å². The van der Waals surface area contributed by atoms with E-state index in [1.54, 1.807) is 19.1 Å². The average molecular weight is 263 g/mol. The first-order valence-electron chi connectivity index (χ1n) is 5.62. The Labute approximate surface area is 103 Å². The van der Waals surface area contributed by atoms with Gasteiger partial charge in [0.1, 0.15) is 0 Å². The minimum atomic E-state index is -4.25. The van der Waals surface area contributed by atoms with Crippen LogP contribution in [-0.4, -0.2) is 17.9 Å². The fourth-order valence-corrected chi connectivity index (χ4v) is 1.59. The maximum absolute atomic E-state index is 12.1. The molecule has 18 heavy (non-hydrogen) atoms. The van der Waals surface area contributed by atoms with Gasteiger partial charge in [0.2, 0.25) is 0 Å². The Hall–Kier alpha value is -1.43. The van der Waals surface area contributed by atoms with E-state index in [1.807, 2.05) is 0 Å². The van der Waals surface area contributed by atoms with Gasteiger partial charge >= 0.3 is 6.18 Å². The van der Waals surface area contributed by atoms with Crippen molar-refractivity contribution in [2.75, 3.05) is 6.61 Å². The number of hydrogen-bond acceptors (Lipinski definition) is 3. The number of phenols is 1. The Morgan fingerprint density at radius 1 is 1.39 bits per heavy atom. The Kier molecular flexibility index (Phi) is 4.84. The molecule has 6 heteroatoms. The molecule has 0 aromatic heterocycles. The second-order valence-corrected chi connectivity index (χ2v) is 3.89. The molecule has 0 amide bonds. The predicted molar refractivity (Wildman–Crippen MR) is 61.5 cm³/mol. The maximum atomic E-state index is 12.1. The summed E-state index contributed by atoms with van der Waals surface area (Å²) in [4.78, 5) is 0. The zero-order chi connectivity index (χ0) is 13.8. The van der Waals surface area contributed by atoms with Crippen molar-refractivity contribution in [2.24, 2.45) is 5.73 Å². The maximum Gasteiger partial charge on any atom is 0.389 e. The molecular weight excluding hydrogens is 247 g/mol. The molecule has 1 atom stereocenters. The fraction of sp³-hybridized carbons (Fsp3) is 0.500. The van der Waals surface area contributed by atoms with Crippen LogP contribution in [0.4, 0.5) is 13.2 Å². The molecule has 1 aromatic carbocycles. The van der Waals surface area contributed by atoms with Gasteiger partial charge in [0, 0.05) is 18.0 Å². The van der Waals surface area contributed by atoms with Crippen LogP contribution >= 0.6 is 0 Å². The summed E-state index contributed by atoms with van der Waals surface area (Å²) in [5.41, 5.74) is 5.92. The number of rotatable bonds is 5. The van der Waals surface area contributed by atoms with E-state index in [0.29, 0.717) is 6.61 Å². The van der Waals surface area contributed by atoms with Gasteiger partial charge in [-0.15, -0.1) is 0 Å². The quantitative estimate of drug-likeness (QED) is 0.858. The Balaban J connectivity index is 2.79. The molecule has 0 radical (unpaired) electrons. The first kappa shape index (κ1) is 14.6. The molecule has 0 unspecified atom stereocenters. The number of nitrogens with two attached hydrogens (primary N) is 1. The van der Waals surface area contributed by atoms with Gasteiger partial charge in [-0.1, -0.05) is 12.1 Å². The highest BCUT2D eigenvalue weighted by atomic mass is 19.4. The van der Waals surface area contributed by atoms with E-state index in [2.05, 4.69) is 0 Å². The summed E-state index contributed by atoms with van der Waals surface area (Å²) in [5.74, 6) is 0.0477. The van der Waals surface area contributed by atoms with Gasteiger partial charge in [-0.3, -0.25) is 0 Å². The van der Waals surface area contributed by atoms with Gasteiger partial charge in [-0.2, -0.15) is 13.2 Å². The fourth-order valence-electron chi connectivity index (χ4n) is 1.59. The molecule has 0 saturated heterocycles. The molecule has 102 valence electrons. The summed E-state index contributed by atoms with van der Waals surface area (Å²) in [5, 5.41) is 9.83. The largest absolute Gasteiger partial charge is 0.504 e. The lowest BCUT2D eigenvalue weighted by Crippen LogP contribution is -2.16. The Morgan fingerprint density at radius 3 is 2.61 bits per heavy atom. The molecule has 0 aliphatic rings. The molecule has 0 saturated carbocycles. The first-order valence-corrected chi connectivity index (χ1v) is 5.62. The normalized spacial score (nSPS) is 13.4. The van der Waals surface area contributed by atoms with Gasteiger partial charge in [0.25, 0.3) is 0 Å². The van der Waals surface area contributed by atoms with Crippen LogP contribution in [0.3, 0.4) is 0 Å². The highest BCUT2D eigenvalue weighted by Gasteiger charge is 2.28. The highest BCUT2D eigenvalue weighted by Crippen LogP contribution is 2.35. The van der Waals surface area contributed by atoms with Gasteiger partial charge in [0.15, 0.2) is 11.5 Å². The molecule has 3 nitrogen and oxygen atoms in total. The second-order valence-electron chi connectivity index (χ2n) is 3.89. The van der Waals surface area contributed by atoms with Crippen molar-refractivity contribution in [2.45, 2.75) is 32.0 Å². The van der Waals surface area contributed by atoms with Crippen molar-refractivity contribution in [3.05, 3.63) is 23.8 Å². The molecule has 0 spiro atoms. The second kappa shape index (κ2) is 5.95. The third-order valence-electron chi connectivity index (χ3n) is 2.47. The highest BCUT2D eigenvalue weighted by molar-refractivity contribution is 5.46. The number of alkyl halides is 3. The van der Waals surface area contributed by atoms with Crippen LogP contribution in [0, 0.1) is 0 Å². The number of benzene rings is 1. The zero-order valence-electron chi connectivity index (χ0n) is 10.00. The van der Waals surface area contributed by atoms with E-state index in [-0.39, 0.29) is 23.5 Å². The van der Waals surface area contributed by atoms with Gasteiger partial charge in [-0.05, 0) is 19.4 Å². The van der Waals surface area contributed by atoms with E-state index in [9.17, 15) is 18.3 Å². The summed E-state index contributed by atoms with van der Waals surface area (Å²) < 4.78 is 41.4. The number of para-hydroxylation sites is 1. The molecule has 0 heterocycles. The lowest BCUT2D eigenvalue weighted by atomic mass is 10.0. The van der Waals surface area contributed by atoms with E-state index in [1.165, 1.54) is 6.07 Å². The monoisotopic (exact) mass is 263 g/mol. The van der Waals surface area contributed by atoms with Crippen LogP contribution in [0.25, 0.3) is 0 Å². The average Bonchev–Trinajstić information content (AvgIpc) is 2.28. The van der Waals surface area contributed by atoms with Gasteiger partial charge < -0.3 is 15.6 Å². The van der Waals surface area contributed by atoms with Crippen molar-refractivity contribution < 1.29 is 23.0 Å². The topological polar surface area (TPSA) is 55.5 Å². The Morgan fingerprint density at radius 2 is 2.06 bits per heavy atom. The molecule has 1 aromatic rings. The smallest absolute Gasteiger partial charge is 0.389 e. The third-order valence-corrected chi connectivity index (χ3v) is 2.47. The van der Waals surface area contributed by atoms with Crippen molar-refractivity contribution in [3.8, 4) is 11.5 Å². The number of halogens is 3. The van der Waals surface area contributed by atoms with Crippen molar-refractivity contribution in [1.82, 2.24) is 0 Å². The van der Waals surface area contributed by atoms with Crippen LogP contribution in [0.2, 0.25) is 0 Å². The zero-order valence-corrected chi connectivity index (χ0v) is 10.00. The summed E-state index contributed by atoms with van der Waals surface area (Å²) in [6, 6.07) is 3.76. The lowest BCUT2D eigenvalue weighted by molar-refractivity contribution is -0.136. The van der Waals surface area contributed by atoms with Crippen LogP contribution in [0.1, 0.15) is 31.4 Å². The predicted octanol–water partition coefficient (Wildman–Crippen LogP) is 3.13. The third kappa shape index (κ3) is 4.10. The molecular formula is C12H16F3NO2. The van der Waals surface area contributed by atoms with E-state index < -0.39 is 18.6 Å². The Bertz CT molecular complexity index is 393. The van der Waals surface area contributed by atoms with Gasteiger partial charge in [-0.25, -0.2) is 0 Å². The van der Waals surface area contributed by atoms with Crippen molar-refractivity contribution in [1.29, 1.82) is 0 Å². The molecule has 1 rings (SSSR count). The lowest BCUT2D eigenvalue weighted by Gasteiger charge is -2.16. The minimum absolute atomic E-state index is 0.186. The van der Waals surface area contributed by atoms with Gasteiger partial charge in [0.05, 0.1) is 6.61 Å². The number of hydrogen-bond donors (Lipinski definition) is 2. The van der Waals surface area contributed by atoms with Crippen molar-refractivity contribution >= 4 is 0 Å².